The minimum absolute atomic E-state index is 0.0698. The number of fused-ring (bicyclic) bond motifs is 1. The van der Waals surface area contributed by atoms with E-state index < -0.39 is 0 Å². The number of nitrogens with zero attached hydrogens (tertiary/aromatic N) is 5. The minimum Gasteiger partial charge on any atom is -0.275 e. The van der Waals surface area contributed by atoms with Gasteiger partial charge in [-0.15, -0.1) is 3.89 Å². The summed E-state index contributed by atoms with van der Waals surface area (Å²) in [5, 5.41) is 5.01. The van der Waals surface area contributed by atoms with E-state index in [4.69, 9.17) is 11.6 Å². The lowest BCUT2D eigenvalue weighted by Gasteiger charge is -1.96. The van der Waals surface area contributed by atoms with Crippen molar-refractivity contribution in [2.45, 2.75) is 13.8 Å². The third-order valence-electron chi connectivity index (χ3n) is 2.60. The van der Waals surface area contributed by atoms with Gasteiger partial charge in [-0.05, 0) is 0 Å². The zero-order valence-electron chi connectivity index (χ0n) is 11.2. The molecular weight excluding hydrogens is 301 g/mol. The number of rotatable bonds is 2. The Hall–Kier alpha value is -1.60. The first kappa shape index (κ1) is 14.8. The van der Waals surface area contributed by atoms with Crippen molar-refractivity contribution in [1.29, 1.82) is 0 Å². The van der Waals surface area contributed by atoms with Crippen LogP contribution in [0.15, 0.2) is 24.9 Å². The van der Waals surface area contributed by atoms with Crippen molar-refractivity contribution in [3.8, 4) is 11.1 Å². The van der Waals surface area contributed by atoms with Crippen molar-refractivity contribution in [2.24, 2.45) is 7.05 Å². The molecule has 3 aromatic rings. The van der Waals surface area contributed by atoms with E-state index in [1.54, 1.807) is 17.1 Å². The Bertz CT molecular complexity index is 724. The second kappa shape index (κ2) is 6.23. The Kier molecular flexibility index (Phi) is 4.61. The molecule has 0 aliphatic carbocycles. The Labute approximate surface area is 125 Å². The molecule has 106 valence electrons. The molecule has 3 aromatic heterocycles. The normalized spacial score (nSPS) is 10.4. The zero-order valence-corrected chi connectivity index (χ0v) is 12.8. The largest absolute Gasteiger partial charge is 0.275 e. The highest BCUT2D eigenvalue weighted by atomic mass is 35.5. The smallest absolute Gasteiger partial charge is 0.171 e. The molecular formula is C12H13ClFN5S. The van der Waals surface area contributed by atoms with Crippen LogP contribution in [0.1, 0.15) is 13.8 Å². The first-order chi connectivity index (χ1) is 9.70. The lowest BCUT2D eigenvalue weighted by molar-refractivity contribution is 0.768. The van der Waals surface area contributed by atoms with E-state index in [9.17, 15) is 3.89 Å². The van der Waals surface area contributed by atoms with Gasteiger partial charge in [-0.25, -0.2) is 13.9 Å². The van der Waals surface area contributed by atoms with Crippen molar-refractivity contribution in [2.75, 3.05) is 0 Å². The Morgan fingerprint density at radius 3 is 2.60 bits per heavy atom. The monoisotopic (exact) mass is 313 g/mol. The molecule has 0 N–H and O–H groups in total. The zero-order chi connectivity index (χ0) is 14.7. The molecule has 0 fully saturated rings. The van der Waals surface area contributed by atoms with Gasteiger partial charge in [0.2, 0.25) is 0 Å². The van der Waals surface area contributed by atoms with Crippen LogP contribution in [0, 0.1) is 0 Å². The van der Waals surface area contributed by atoms with E-state index in [0.717, 1.165) is 11.1 Å². The fourth-order valence-corrected chi connectivity index (χ4v) is 2.41. The third-order valence-corrected chi connectivity index (χ3v) is 3.31. The predicted octanol–water partition coefficient (Wildman–Crippen LogP) is 3.89. The number of hydrogen-bond donors (Lipinski definition) is 0. The molecule has 0 unspecified atom stereocenters. The Morgan fingerprint density at radius 1 is 1.25 bits per heavy atom. The van der Waals surface area contributed by atoms with Crippen LogP contribution in [-0.2, 0) is 7.05 Å². The van der Waals surface area contributed by atoms with E-state index in [-0.39, 0.29) is 12.3 Å². The Morgan fingerprint density at radius 2 is 2.00 bits per heavy atom. The maximum absolute atomic E-state index is 12.9. The Balaban J connectivity index is 0.000000704. The first-order valence-corrected chi connectivity index (χ1v) is 7.05. The average Bonchev–Trinajstić information content (AvgIpc) is 3.05. The highest BCUT2D eigenvalue weighted by molar-refractivity contribution is 7.92. The molecule has 3 rings (SSSR count). The molecule has 5 nitrogen and oxygen atoms in total. The maximum atomic E-state index is 12.9. The summed E-state index contributed by atoms with van der Waals surface area (Å²) in [4.78, 5) is 7.98. The molecule has 0 aliphatic rings. The van der Waals surface area contributed by atoms with Gasteiger partial charge in [-0.2, -0.15) is 5.10 Å². The molecule has 0 aromatic carbocycles. The second-order valence-electron chi connectivity index (χ2n) is 3.70. The van der Waals surface area contributed by atoms with Gasteiger partial charge in [0, 0.05) is 30.6 Å². The van der Waals surface area contributed by atoms with Crippen LogP contribution in [0.25, 0.3) is 22.2 Å². The van der Waals surface area contributed by atoms with Crippen molar-refractivity contribution < 1.29 is 3.89 Å². The highest BCUT2D eigenvalue weighted by Gasteiger charge is 2.16. The number of aromatic nitrogens is 5. The molecule has 0 saturated carbocycles. The fourth-order valence-electron chi connectivity index (χ4n) is 1.83. The van der Waals surface area contributed by atoms with Gasteiger partial charge in [0.05, 0.1) is 11.6 Å². The summed E-state index contributed by atoms with van der Waals surface area (Å²) in [5.41, 5.74) is 2.04. The van der Waals surface area contributed by atoms with Crippen LogP contribution in [0.5, 0.6) is 0 Å². The molecule has 0 bridgehead atoms. The van der Waals surface area contributed by atoms with E-state index in [1.807, 2.05) is 27.1 Å². The lowest BCUT2D eigenvalue weighted by atomic mass is 10.1. The van der Waals surface area contributed by atoms with Gasteiger partial charge < -0.3 is 0 Å². The number of hydrogen-bond acceptors (Lipinski definition) is 4. The molecule has 0 amide bonds. The summed E-state index contributed by atoms with van der Waals surface area (Å²) in [6, 6.07) is 0. The molecule has 20 heavy (non-hydrogen) atoms. The van der Waals surface area contributed by atoms with Crippen molar-refractivity contribution in [3.05, 3.63) is 30.1 Å². The van der Waals surface area contributed by atoms with Gasteiger partial charge in [0.1, 0.15) is 11.5 Å². The van der Waals surface area contributed by atoms with Crippen LogP contribution in [-0.4, -0.2) is 23.7 Å². The van der Waals surface area contributed by atoms with Crippen molar-refractivity contribution in [3.63, 3.8) is 0 Å². The molecule has 0 radical (unpaired) electrons. The van der Waals surface area contributed by atoms with Crippen LogP contribution in [0.4, 0.5) is 3.89 Å². The van der Waals surface area contributed by atoms with E-state index in [0.29, 0.717) is 16.2 Å². The summed E-state index contributed by atoms with van der Waals surface area (Å²) < 4.78 is 15.9. The van der Waals surface area contributed by atoms with Gasteiger partial charge in [0.15, 0.2) is 18.0 Å². The summed E-state index contributed by atoms with van der Waals surface area (Å²) in [5.74, 6) is 0. The third kappa shape index (κ3) is 2.51. The maximum Gasteiger partial charge on any atom is 0.171 e. The lowest BCUT2D eigenvalue weighted by Crippen LogP contribution is -1.86. The van der Waals surface area contributed by atoms with Crippen LogP contribution < -0.4 is 0 Å². The van der Waals surface area contributed by atoms with Crippen LogP contribution in [0.2, 0.25) is 5.15 Å². The minimum atomic E-state index is 0.0698. The van der Waals surface area contributed by atoms with Gasteiger partial charge in [0.25, 0.3) is 0 Å². The standard InChI is InChI=1S/C10H7ClFN5S.C2H6/c1-16-3-6(2-15-16)7-4-17(18-12)10-8(7)9(11)13-5-14-10;1-2/h2-5H,1H3;1-2H3. The highest BCUT2D eigenvalue weighted by Crippen LogP contribution is 2.35. The van der Waals surface area contributed by atoms with Crippen LogP contribution >= 0.6 is 23.9 Å². The number of halogens is 2. The SMILES string of the molecule is CC.Cn1cc(-c2cn(SF)c3ncnc(Cl)c23)cn1. The van der Waals surface area contributed by atoms with E-state index in [2.05, 4.69) is 15.1 Å². The summed E-state index contributed by atoms with van der Waals surface area (Å²) in [6.07, 6.45) is 6.45. The van der Waals surface area contributed by atoms with Crippen molar-refractivity contribution >= 4 is 35.0 Å². The average molecular weight is 314 g/mol. The topological polar surface area (TPSA) is 48.5 Å². The quantitative estimate of drug-likeness (QED) is 0.673. The van der Waals surface area contributed by atoms with Gasteiger partial charge >= 0.3 is 0 Å². The van der Waals surface area contributed by atoms with Crippen molar-refractivity contribution in [1.82, 2.24) is 23.7 Å². The predicted molar refractivity (Wildman–Crippen MR) is 80.2 cm³/mol. The molecule has 0 saturated heterocycles. The van der Waals surface area contributed by atoms with E-state index >= 15 is 0 Å². The second-order valence-corrected chi connectivity index (χ2v) is 4.59. The summed E-state index contributed by atoms with van der Waals surface area (Å²) in [6.45, 7) is 4.00. The molecule has 0 spiro atoms. The number of aryl methyl sites for hydroxylation is 1. The fraction of sp³-hybridized carbons (Fsp3) is 0.250. The molecule has 0 atom stereocenters. The summed E-state index contributed by atoms with van der Waals surface area (Å²) >= 11 is 6.14. The summed E-state index contributed by atoms with van der Waals surface area (Å²) in [7, 11) is 1.81. The van der Waals surface area contributed by atoms with E-state index in [1.165, 1.54) is 10.3 Å². The first-order valence-electron chi connectivity index (χ1n) is 6.00. The molecule has 3 heterocycles. The molecule has 8 heteroatoms. The van der Waals surface area contributed by atoms with Gasteiger partial charge in [-0.3, -0.25) is 4.68 Å². The van der Waals surface area contributed by atoms with Gasteiger partial charge in [-0.1, -0.05) is 25.4 Å². The van der Waals surface area contributed by atoms with Crippen LogP contribution in [0.3, 0.4) is 0 Å². The molecule has 0 aliphatic heterocycles.